The van der Waals surface area contributed by atoms with Gasteiger partial charge in [0, 0.05) is 31.8 Å². The summed E-state index contributed by atoms with van der Waals surface area (Å²) in [6, 6.07) is 57.4. The summed E-state index contributed by atoms with van der Waals surface area (Å²) in [6.45, 7) is 0. The third-order valence-corrected chi connectivity index (χ3v) is 27.8. The Morgan fingerprint density at radius 2 is 0.608 bits per heavy atom. The van der Waals surface area contributed by atoms with Gasteiger partial charge in [0.2, 0.25) is 0 Å². The Balaban J connectivity index is 0.000000662. The molecule has 1 aromatic heterocycles. The van der Waals surface area contributed by atoms with E-state index in [1.807, 2.05) is 182 Å². The van der Waals surface area contributed by atoms with Crippen LogP contribution in [0.15, 0.2) is 194 Å². The van der Waals surface area contributed by atoms with Crippen molar-refractivity contribution < 1.29 is 38.4 Å². The number of rotatable bonds is 9. The van der Waals surface area contributed by atoms with Crippen molar-refractivity contribution in [2.45, 2.75) is 5.14 Å². The van der Waals surface area contributed by atoms with Crippen LogP contribution >= 0.6 is 62.0 Å². The van der Waals surface area contributed by atoms with Gasteiger partial charge in [0.05, 0.1) is 0 Å². The third-order valence-electron chi connectivity index (χ3n) is 8.32. The van der Waals surface area contributed by atoms with Gasteiger partial charge < -0.3 is 13.7 Å². The van der Waals surface area contributed by atoms with Gasteiger partial charge in [-0.25, -0.2) is 0 Å². The van der Waals surface area contributed by atoms with Crippen LogP contribution in [-0.4, -0.2) is 5.14 Å². The molecule has 0 spiro atoms. The summed E-state index contributed by atoms with van der Waals surface area (Å²) in [7, 11) is -9.27. The Bertz CT molecular complexity index is 1850. The predicted molar refractivity (Wildman–Crippen MR) is 226 cm³/mol. The van der Waals surface area contributed by atoms with Crippen LogP contribution in [0.4, 0.5) is 0 Å². The van der Waals surface area contributed by atoms with E-state index in [9.17, 15) is 0 Å². The van der Waals surface area contributed by atoms with Crippen molar-refractivity contribution in [3.63, 3.8) is 0 Å². The van der Waals surface area contributed by atoms with Crippen molar-refractivity contribution in [1.82, 2.24) is 0 Å². The van der Waals surface area contributed by atoms with Crippen molar-refractivity contribution in [3.05, 3.63) is 194 Å². The molecule has 7 rings (SSSR count). The summed E-state index contributed by atoms with van der Waals surface area (Å²) in [4.78, 5) is 0. The van der Waals surface area contributed by atoms with Crippen molar-refractivity contribution in [2.24, 2.45) is 0 Å². The third kappa shape index (κ3) is 8.74. The molecule has 0 bridgehead atoms. The summed E-state index contributed by atoms with van der Waals surface area (Å²) in [5, 5.41) is 1.80. The number of hydrogen-bond donors (Lipinski definition) is 0. The molecule has 1 unspecified atom stereocenters. The van der Waals surface area contributed by atoms with Crippen LogP contribution in [0.1, 0.15) is 0 Å². The van der Waals surface area contributed by atoms with E-state index in [0.29, 0.717) is 31.8 Å². The molecule has 11 heteroatoms. The molecule has 0 N–H and O–H groups in total. The van der Waals surface area contributed by atoms with Crippen LogP contribution < -0.4 is 34.8 Å². The summed E-state index contributed by atoms with van der Waals surface area (Å²) in [6.07, 6.45) is 0. The summed E-state index contributed by atoms with van der Waals surface area (Å²) in [5.74, 6) is 2.26. The normalized spacial score (nSPS) is 11.6. The minimum absolute atomic E-state index is 0. The average molecular weight is 882 g/mol. The van der Waals surface area contributed by atoms with Gasteiger partial charge in [-0.3, -0.25) is 0 Å². The van der Waals surface area contributed by atoms with Crippen LogP contribution in [0, 0.1) is 0 Å². The Morgan fingerprint density at radius 1 is 0.392 bits per heavy atom. The molecular weight excluding hydrogens is 845 g/mol. The Labute approximate surface area is 331 Å². The number of benzene rings is 6. The minimum atomic E-state index is -3.97. The first-order valence-corrected chi connectivity index (χ1v) is 25.1. The molecule has 1 atom stereocenters. The molecule has 0 saturated heterocycles. The van der Waals surface area contributed by atoms with Gasteiger partial charge in [-0.1, -0.05) is 182 Å². The van der Waals surface area contributed by atoms with E-state index >= 15 is 13.7 Å². The van der Waals surface area contributed by atoms with E-state index in [4.69, 9.17) is 0 Å². The van der Waals surface area contributed by atoms with Crippen LogP contribution in [-0.2, 0) is 38.4 Å². The number of hydrogen-bond acceptors (Lipinski definition) is 3. The standard InChI is InChI=1S/C37H31O3P3.C3H3P2.2ClH.Zr/c38-41(31-19-7-1-8-20-31,32-21-9-2-10-22-32)37(42(39,33-23-11-3-12-24-33)34-25-13-4-14-26-34)43(40,35-27-15-5-16-28-35)36-29-17-6-18-30-36;1-2-4-5-3-1;;;/h1-30,37H;1-2,4H;2*1H;. The maximum absolute atomic E-state index is 16.6. The van der Waals surface area contributed by atoms with Crippen LogP contribution in [0.3, 0.4) is 0 Å². The second-order valence-electron chi connectivity index (χ2n) is 11.3. The maximum atomic E-state index is 16.6. The molecule has 51 heavy (non-hydrogen) atoms. The van der Waals surface area contributed by atoms with Crippen molar-refractivity contribution in [1.29, 1.82) is 0 Å². The van der Waals surface area contributed by atoms with E-state index in [2.05, 4.69) is 11.9 Å². The first-order chi connectivity index (χ1) is 23.9. The molecule has 3 nitrogen and oxygen atoms in total. The van der Waals surface area contributed by atoms with Crippen LogP contribution in [0.25, 0.3) is 0 Å². The van der Waals surface area contributed by atoms with Gasteiger partial charge in [0.1, 0.15) is 5.14 Å². The van der Waals surface area contributed by atoms with Crippen LogP contribution in [0.5, 0.6) is 0 Å². The zero-order chi connectivity index (χ0) is 34.2. The van der Waals surface area contributed by atoms with Crippen LogP contribution in [0.2, 0.25) is 0 Å². The summed E-state index contributed by atoms with van der Waals surface area (Å²) < 4.78 is 51.3. The van der Waals surface area contributed by atoms with Crippen molar-refractivity contribution in [3.8, 4) is 0 Å². The van der Waals surface area contributed by atoms with Gasteiger partial charge in [0.25, 0.3) is 0 Å². The van der Waals surface area contributed by atoms with Crippen molar-refractivity contribution >= 4 is 96.8 Å². The van der Waals surface area contributed by atoms with Gasteiger partial charge in [-0.05, 0) is 0 Å². The molecule has 7 aromatic rings. The quantitative estimate of drug-likeness (QED) is 0.136. The zero-order valence-corrected chi connectivity index (χ0v) is 36.1. The summed E-state index contributed by atoms with van der Waals surface area (Å²) >= 11 is 1.59. The molecule has 0 fully saturated rings. The fourth-order valence-corrected chi connectivity index (χ4v) is 26.4. The Kier molecular flexibility index (Phi) is 15.6. The molecule has 6 aromatic carbocycles. The van der Waals surface area contributed by atoms with E-state index in [1.54, 1.807) is 35.6 Å². The number of halogens is 2. The fraction of sp³-hybridized carbons (Fsp3) is 0.0250. The molecule has 0 saturated carbocycles. The van der Waals surface area contributed by atoms with Gasteiger partial charge in [-0.15, -0.1) is 24.8 Å². The monoisotopic (exact) mass is 879 g/mol. The molecular formula is C40H36Cl2O3P5Zr. The molecule has 0 aliphatic heterocycles. The Hall–Kier alpha value is -2.32. The molecule has 0 aliphatic rings. The molecule has 1 heterocycles. The van der Waals surface area contributed by atoms with Gasteiger partial charge >= 0.3 is 55.3 Å². The first kappa shape index (κ1) is 41.4. The molecule has 0 radical (unpaired) electrons. The van der Waals surface area contributed by atoms with E-state index in [1.165, 1.54) is 0 Å². The SMILES string of the molecule is Cl.Cl.O=P(c1ccccc1)(c1ccccc1)C(P(=O)(c1ccccc1)c1ccccc1)P(=O)(c1ccccc1)c1ccccc1.[Zr][c]1cc[pH]p1. The van der Waals surface area contributed by atoms with E-state index in [0.717, 1.165) is 7.87 Å². The fourth-order valence-electron chi connectivity index (χ4n) is 6.09. The second-order valence-corrected chi connectivity index (χ2v) is 26.2. The molecule has 0 aliphatic carbocycles. The topological polar surface area (TPSA) is 51.2 Å². The first-order valence-electron chi connectivity index (χ1n) is 15.7. The molecule has 257 valence electrons. The van der Waals surface area contributed by atoms with Gasteiger partial charge in [-0.2, -0.15) is 0 Å². The molecule has 0 amide bonds. The second kappa shape index (κ2) is 19.1. The zero-order valence-electron chi connectivity index (χ0n) is 27.4. The van der Waals surface area contributed by atoms with E-state index < -0.39 is 26.6 Å². The summed E-state index contributed by atoms with van der Waals surface area (Å²) in [5.41, 5.74) is 0. The average Bonchev–Trinajstić information content (AvgIpc) is 3.67. The van der Waals surface area contributed by atoms with E-state index in [-0.39, 0.29) is 24.8 Å². The van der Waals surface area contributed by atoms with Gasteiger partial charge in [0.15, 0.2) is 21.4 Å². The Morgan fingerprint density at radius 3 is 0.745 bits per heavy atom. The van der Waals surface area contributed by atoms with Crippen molar-refractivity contribution in [2.75, 3.05) is 0 Å². The predicted octanol–water partition coefficient (Wildman–Crippen LogP) is 9.63.